The van der Waals surface area contributed by atoms with E-state index in [1.165, 1.54) is 0 Å². The van der Waals surface area contributed by atoms with Crippen LogP contribution in [0.15, 0.2) is 0 Å². The van der Waals surface area contributed by atoms with Crippen LogP contribution in [0.4, 0.5) is 0 Å². The summed E-state index contributed by atoms with van der Waals surface area (Å²) in [6.45, 7) is 20.1. The molecule has 0 amide bonds. The van der Waals surface area contributed by atoms with Gasteiger partial charge in [0.25, 0.3) is 0 Å². The van der Waals surface area contributed by atoms with Crippen molar-refractivity contribution in [3.8, 4) is 0 Å². The molecule has 0 fully saturated rings. The van der Waals surface area contributed by atoms with Crippen LogP contribution in [0.3, 0.4) is 0 Å². The molecule has 0 unspecified atom stereocenters. The van der Waals surface area contributed by atoms with Crippen LogP contribution in [-0.2, 0) is 4.74 Å². The number of nitrogens with one attached hydrogen (secondary N) is 2. The second kappa shape index (κ2) is 12.6. The standard InChI is InChI=1S/C15H34N2O.C2H6/c1-7-17-11-9-15(4,5)13-18-12-14(2,3)8-10-16-6;1-2/h16-17H,7-13H2,1-6H3;1-2H3. The average molecular weight is 289 g/mol. The normalized spacial score (nSPS) is 12.0. The largest absolute Gasteiger partial charge is 0.380 e. The molecule has 0 saturated heterocycles. The van der Waals surface area contributed by atoms with Gasteiger partial charge in [-0.2, -0.15) is 0 Å². The summed E-state index contributed by atoms with van der Waals surface area (Å²) in [6.07, 6.45) is 2.32. The first-order chi connectivity index (χ1) is 9.33. The minimum absolute atomic E-state index is 0.265. The van der Waals surface area contributed by atoms with Gasteiger partial charge in [-0.1, -0.05) is 48.5 Å². The lowest BCUT2D eigenvalue weighted by atomic mass is 9.89. The van der Waals surface area contributed by atoms with Gasteiger partial charge in [0.15, 0.2) is 0 Å². The zero-order valence-corrected chi connectivity index (χ0v) is 15.4. The molecule has 0 rings (SSSR count). The van der Waals surface area contributed by atoms with E-state index in [1.54, 1.807) is 0 Å². The topological polar surface area (TPSA) is 33.3 Å². The molecule has 0 saturated carbocycles. The lowest BCUT2D eigenvalue weighted by Gasteiger charge is -2.29. The lowest BCUT2D eigenvalue weighted by molar-refractivity contribution is 0.0102. The summed E-state index contributed by atoms with van der Waals surface area (Å²) in [5.41, 5.74) is 0.530. The molecule has 0 radical (unpaired) electrons. The van der Waals surface area contributed by atoms with Crippen molar-refractivity contribution in [3.63, 3.8) is 0 Å². The third kappa shape index (κ3) is 14.3. The number of hydrogen-bond acceptors (Lipinski definition) is 3. The number of hydrogen-bond donors (Lipinski definition) is 2. The molecular weight excluding hydrogens is 248 g/mol. The van der Waals surface area contributed by atoms with Crippen LogP contribution in [0, 0.1) is 10.8 Å². The maximum Gasteiger partial charge on any atom is 0.0517 e. The number of ether oxygens (including phenoxy) is 1. The summed E-state index contributed by atoms with van der Waals surface area (Å²) in [5, 5.41) is 6.58. The molecule has 2 N–H and O–H groups in total. The SMILES string of the molecule is CC.CCNCCC(C)(C)COCC(C)(C)CCNC. The Balaban J connectivity index is 0. The summed E-state index contributed by atoms with van der Waals surface area (Å²) < 4.78 is 5.94. The molecule has 0 spiro atoms. The van der Waals surface area contributed by atoms with Crippen molar-refractivity contribution in [1.82, 2.24) is 10.6 Å². The van der Waals surface area contributed by atoms with Crippen molar-refractivity contribution in [2.45, 2.75) is 61.3 Å². The van der Waals surface area contributed by atoms with Crippen molar-refractivity contribution in [3.05, 3.63) is 0 Å². The summed E-state index contributed by atoms with van der Waals surface area (Å²) in [7, 11) is 2.00. The van der Waals surface area contributed by atoms with E-state index in [2.05, 4.69) is 45.3 Å². The highest BCUT2D eigenvalue weighted by atomic mass is 16.5. The first-order valence-electron chi connectivity index (χ1n) is 8.26. The highest BCUT2D eigenvalue weighted by Gasteiger charge is 2.21. The molecule has 0 aromatic heterocycles. The maximum atomic E-state index is 5.94. The predicted octanol–water partition coefficient (Wildman–Crippen LogP) is 3.69. The van der Waals surface area contributed by atoms with E-state index in [-0.39, 0.29) is 10.8 Å². The van der Waals surface area contributed by atoms with Crippen molar-refractivity contribution in [1.29, 1.82) is 0 Å². The molecule has 0 bridgehead atoms. The molecule has 0 aliphatic heterocycles. The Morgan fingerprint density at radius 3 is 1.70 bits per heavy atom. The first kappa shape index (κ1) is 22.2. The molecule has 0 atom stereocenters. The summed E-state index contributed by atoms with van der Waals surface area (Å²) >= 11 is 0. The molecule has 0 aromatic carbocycles. The van der Waals surface area contributed by atoms with Crippen molar-refractivity contribution in [2.75, 3.05) is 39.9 Å². The smallest absolute Gasteiger partial charge is 0.0517 e. The van der Waals surface area contributed by atoms with Gasteiger partial charge in [0.05, 0.1) is 13.2 Å². The molecule has 0 heterocycles. The molecule has 0 aromatic rings. The van der Waals surface area contributed by atoms with Gasteiger partial charge < -0.3 is 15.4 Å². The Hall–Kier alpha value is -0.120. The minimum atomic E-state index is 0.265. The van der Waals surface area contributed by atoms with Gasteiger partial charge in [-0.25, -0.2) is 0 Å². The zero-order valence-electron chi connectivity index (χ0n) is 15.4. The van der Waals surface area contributed by atoms with Gasteiger partial charge in [0.2, 0.25) is 0 Å². The fourth-order valence-corrected chi connectivity index (χ4v) is 1.81. The second-order valence-corrected chi connectivity index (χ2v) is 6.78. The molecule has 124 valence electrons. The fraction of sp³-hybridized carbons (Fsp3) is 1.00. The van der Waals surface area contributed by atoms with E-state index in [9.17, 15) is 0 Å². The Morgan fingerprint density at radius 2 is 1.30 bits per heavy atom. The van der Waals surface area contributed by atoms with E-state index >= 15 is 0 Å². The summed E-state index contributed by atoms with van der Waals surface area (Å²) in [6, 6.07) is 0. The number of rotatable bonds is 11. The van der Waals surface area contributed by atoms with Crippen LogP contribution in [0.2, 0.25) is 0 Å². The molecule has 3 heteroatoms. The molecule has 3 nitrogen and oxygen atoms in total. The van der Waals surface area contributed by atoms with Crippen molar-refractivity contribution < 1.29 is 4.74 Å². The molecule has 20 heavy (non-hydrogen) atoms. The van der Waals surface area contributed by atoms with E-state index in [0.29, 0.717) is 0 Å². The van der Waals surface area contributed by atoms with E-state index in [1.807, 2.05) is 20.9 Å². The van der Waals surface area contributed by atoms with Crippen LogP contribution < -0.4 is 10.6 Å². The highest BCUT2D eigenvalue weighted by Crippen LogP contribution is 2.24. The predicted molar refractivity (Wildman–Crippen MR) is 91.4 cm³/mol. The molecule has 0 aliphatic rings. The Kier molecular flexibility index (Phi) is 14.0. The van der Waals surface area contributed by atoms with Crippen LogP contribution in [-0.4, -0.2) is 39.9 Å². The van der Waals surface area contributed by atoms with Crippen LogP contribution in [0.1, 0.15) is 61.3 Å². The van der Waals surface area contributed by atoms with Gasteiger partial charge in [-0.15, -0.1) is 0 Å². The zero-order chi connectivity index (χ0) is 16.1. The van der Waals surface area contributed by atoms with Crippen LogP contribution >= 0.6 is 0 Å². The van der Waals surface area contributed by atoms with Crippen molar-refractivity contribution in [2.24, 2.45) is 10.8 Å². The van der Waals surface area contributed by atoms with E-state index < -0.39 is 0 Å². The Morgan fingerprint density at radius 1 is 0.850 bits per heavy atom. The van der Waals surface area contributed by atoms with Gasteiger partial charge in [-0.3, -0.25) is 0 Å². The lowest BCUT2D eigenvalue weighted by Crippen LogP contribution is -2.30. The Labute approximate surface area is 128 Å². The highest BCUT2D eigenvalue weighted by molar-refractivity contribution is 4.72. The Bertz CT molecular complexity index is 203. The van der Waals surface area contributed by atoms with Crippen LogP contribution in [0.5, 0.6) is 0 Å². The quantitative estimate of drug-likeness (QED) is 0.569. The molecular formula is C17H40N2O. The van der Waals surface area contributed by atoms with Gasteiger partial charge in [0, 0.05) is 0 Å². The summed E-state index contributed by atoms with van der Waals surface area (Å²) in [4.78, 5) is 0. The monoisotopic (exact) mass is 288 g/mol. The van der Waals surface area contributed by atoms with Gasteiger partial charge in [0.1, 0.15) is 0 Å². The van der Waals surface area contributed by atoms with Crippen LogP contribution in [0.25, 0.3) is 0 Å². The molecule has 0 aliphatic carbocycles. The van der Waals surface area contributed by atoms with E-state index in [0.717, 1.165) is 45.7 Å². The summed E-state index contributed by atoms with van der Waals surface area (Å²) in [5.74, 6) is 0. The van der Waals surface area contributed by atoms with E-state index in [4.69, 9.17) is 4.74 Å². The van der Waals surface area contributed by atoms with Gasteiger partial charge in [-0.05, 0) is 50.4 Å². The van der Waals surface area contributed by atoms with Gasteiger partial charge >= 0.3 is 0 Å². The minimum Gasteiger partial charge on any atom is -0.380 e. The maximum absolute atomic E-state index is 5.94. The third-order valence-electron chi connectivity index (χ3n) is 3.27. The second-order valence-electron chi connectivity index (χ2n) is 6.78. The fourth-order valence-electron chi connectivity index (χ4n) is 1.81. The average Bonchev–Trinajstić information content (AvgIpc) is 2.38. The van der Waals surface area contributed by atoms with Crippen molar-refractivity contribution >= 4 is 0 Å². The first-order valence-corrected chi connectivity index (χ1v) is 8.26. The third-order valence-corrected chi connectivity index (χ3v) is 3.27.